The van der Waals surface area contributed by atoms with Gasteiger partial charge in [-0.2, -0.15) is 0 Å². The predicted octanol–water partition coefficient (Wildman–Crippen LogP) is 4.59. The van der Waals surface area contributed by atoms with Crippen molar-refractivity contribution in [1.29, 1.82) is 0 Å². The smallest absolute Gasteiger partial charge is 0.150 e. The van der Waals surface area contributed by atoms with Crippen LogP contribution in [0.15, 0.2) is 28.6 Å². The second-order valence-electron chi connectivity index (χ2n) is 5.18. The Hall–Kier alpha value is -1.46. The summed E-state index contributed by atoms with van der Waals surface area (Å²) in [6.45, 7) is 5.16. The van der Waals surface area contributed by atoms with E-state index in [0.717, 1.165) is 22.1 Å². The van der Waals surface area contributed by atoms with Crippen LogP contribution < -0.4 is 5.32 Å². The molecular weight excluding hydrogens is 298 g/mol. The number of hydrogen-bond acceptors (Lipinski definition) is 4. The molecule has 2 aromatic heterocycles. The molecule has 0 aliphatic carbocycles. The summed E-state index contributed by atoms with van der Waals surface area (Å²) >= 11 is 3.45. The topological polar surface area (TPSA) is 29.9 Å². The number of thiazole rings is 1. The van der Waals surface area contributed by atoms with Crippen molar-refractivity contribution in [3.05, 3.63) is 41.2 Å². The third-order valence-electron chi connectivity index (χ3n) is 3.91. The molecule has 5 heteroatoms. The molecule has 1 N–H and O–H groups in total. The van der Waals surface area contributed by atoms with Crippen molar-refractivity contribution in [1.82, 2.24) is 9.55 Å². The number of rotatable bonds is 4. The molecule has 0 amide bonds. The minimum Gasteiger partial charge on any atom is -0.381 e. The van der Waals surface area contributed by atoms with Gasteiger partial charge < -0.3 is 9.88 Å². The first-order valence-corrected chi connectivity index (χ1v) is 8.93. The van der Waals surface area contributed by atoms with Gasteiger partial charge in [-0.1, -0.05) is 11.8 Å². The van der Waals surface area contributed by atoms with Gasteiger partial charge in [-0.25, -0.2) is 4.98 Å². The van der Waals surface area contributed by atoms with Crippen LogP contribution >= 0.6 is 23.1 Å². The Bertz CT molecular complexity index is 786. The third kappa shape index (κ3) is 2.80. The molecule has 110 valence electrons. The summed E-state index contributed by atoms with van der Waals surface area (Å²) in [5.41, 5.74) is 6.21. The molecule has 3 aromatic rings. The largest absolute Gasteiger partial charge is 0.381 e. The zero-order chi connectivity index (χ0) is 15.0. The first-order valence-electron chi connectivity index (χ1n) is 6.88. The van der Waals surface area contributed by atoms with E-state index in [4.69, 9.17) is 0 Å². The second kappa shape index (κ2) is 5.73. The van der Waals surface area contributed by atoms with E-state index in [-0.39, 0.29) is 0 Å². The first-order chi connectivity index (χ1) is 10.1. The molecule has 2 heterocycles. The van der Waals surface area contributed by atoms with E-state index in [9.17, 15) is 0 Å². The molecule has 1 aromatic carbocycles. The highest BCUT2D eigenvalue weighted by atomic mass is 32.2. The van der Waals surface area contributed by atoms with Gasteiger partial charge in [0.2, 0.25) is 0 Å². The molecule has 0 aliphatic rings. The van der Waals surface area contributed by atoms with Gasteiger partial charge in [-0.05, 0) is 49.9 Å². The van der Waals surface area contributed by atoms with Crippen molar-refractivity contribution < 1.29 is 0 Å². The van der Waals surface area contributed by atoms with E-state index in [0.29, 0.717) is 0 Å². The molecule has 0 bridgehead atoms. The molecule has 3 rings (SSSR count). The maximum absolute atomic E-state index is 4.57. The van der Waals surface area contributed by atoms with Crippen molar-refractivity contribution >= 4 is 39.0 Å². The Morgan fingerprint density at radius 1 is 1.29 bits per heavy atom. The fourth-order valence-corrected chi connectivity index (χ4v) is 3.94. The molecule has 0 saturated carbocycles. The fourth-order valence-electron chi connectivity index (χ4n) is 2.41. The molecule has 0 radical (unpaired) electrons. The molecule has 0 unspecified atom stereocenters. The van der Waals surface area contributed by atoms with Crippen LogP contribution in [0.4, 0.5) is 5.69 Å². The molecular formula is C16H19N3S2. The lowest BCUT2D eigenvalue weighted by molar-refractivity contribution is 0.837. The number of benzene rings is 1. The van der Waals surface area contributed by atoms with Gasteiger partial charge in [-0.3, -0.25) is 0 Å². The predicted molar refractivity (Wildman–Crippen MR) is 93.6 cm³/mol. The van der Waals surface area contributed by atoms with E-state index >= 15 is 0 Å². The lowest BCUT2D eigenvalue weighted by Crippen LogP contribution is -2.01. The van der Waals surface area contributed by atoms with Crippen LogP contribution in [0.25, 0.3) is 10.2 Å². The lowest BCUT2D eigenvalue weighted by atomic mass is 10.2. The average molecular weight is 317 g/mol. The normalized spacial score (nSPS) is 11.2. The highest BCUT2D eigenvalue weighted by Crippen LogP contribution is 2.30. The number of hydrogen-bond donors (Lipinski definition) is 1. The molecule has 0 saturated heterocycles. The highest BCUT2D eigenvalue weighted by Gasteiger charge is 2.07. The zero-order valence-electron chi connectivity index (χ0n) is 12.7. The molecule has 0 atom stereocenters. The Kier molecular flexibility index (Phi) is 3.95. The van der Waals surface area contributed by atoms with Gasteiger partial charge in [0.25, 0.3) is 0 Å². The van der Waals surface area contributed by atoms with Crippen molar-refractivity contribution in [2.24, 2.45) is 7.05 Å². The van der Waals surface area contributed by atoms with E-state index in [1.807, 2.05) is 0 Å². The van der Waals surface area contributed by atoms with Crippen molar-refractivity contribution in [2.75, 3.05) is 11.6 Å². The van der Waals surface area contributed by atoms with E-state index in [1.54, 1.807) is 23.1 Å². The fraction of sp³-hybridized carbons (Fsp3) is 0.312. The van der Waals surface area contributed by atoms with Crippen LogP contribution in [0.5, 0.6) is 0 Å². The second-order valence-corrected chi connectivity index (χ2v) is 7.26. The Morgan fingerprint density at radius 2 is 2.10 bits per heavy atom. The summed E-state index contributed by atoms with van der Waals surface area (Å²) in [6, 6.07) is 8.64. The average Bonchev–Trinajstić information content (AvgIpc) is 3.01. The van der Waals surface area contributed by atoms with Crippen molar-refractivity contribution in [3.8, 4) is 0 Å². The quantitative estimate of drug-likeness (QED) is 0.714. The number of anilines is 1. The maximum atomic E-state index is 4.57. The molecule has 0 fully saturated rings. The van der Waals surface area contributed by atoms with Crippen LogP contribution in [0.2, 0.25) is 0 Å². The number of aryl methyl sites for hydroxylation is 1. The SMILES string of the molecule is CSc1nc2ccc(NCc3cc(C)n(C)c3C)cc2s1. The molecule has 0 spiro atoms. The highest BCUT2D eigenvalue weighted by molar-refractivity contribution is 8.00. The summed E-state index contributed by atoms with van der Waals surface area (Å²) in [5, 5.41) is 3.52. The van der Waals surface area contributed by atoms with E-state index < -0.39 is 0 Å². The van der Waals surface area contributed by atoms with Crippen LogP contribution in [-0.2, 0) is 13.6 Å². The Labute approximate surface area is 133 Å². The molecule has 21 heavy (non-hydrogen) atoms. The zero-order valence-corrected chi connectivity index (χ0v) is 14.4. The summed E-state index contributed by atoms with van der Waals surface area (Å²) in [4.78, 5) is 4.57. The molecule has 0 aliphatic heterocycles. The Balaban J connectivity index is 1.79. The van der Waals surface area contributed by atoms with E-state index in [2.05, 4.69) is 66.3 Å². The standard InChI is InChI=1S/C16H19N3S2/c1-10-7-12(11(2)19(10)3)9-17-13-5-6-14-15(8-13)21-16(18-14)20-4/h5-8,17H,9H2,1-4H3. The number of thioether (sulfide) groups is 1. The minimum absolute atomic E-state index is 0.854. The number of aromatic nitrogens is 2. The number of fused-ring (bicyclic) bond motifs is 1. The van der Waals surface area contributed by atoms with Gasteiger partial charge in [0.05, 0.1) is 10.2 Å². The van der Waals surface area contributed by atoms with Crippen molar-refractivity contribution in [3.63, 3.8) is 0 Å². The monoisotopic (exact) mass is 317 g/mol. The molecule has 3 nitrogen and oxygen atoms in total. The first kappa shape index (κ1) is 14.5. The number of nitrogens with zero attached hydrogens (tertiary/aromatic N) is 2. The number of nitrogens with one attached hydrogen (secondary N) is 1. The van der Waals surface area contributed by atoms with Crippen LogP contribution in [0.1, 0.15) is 17.0 Å². The van der Waals surface area contributed by atoms with Crippen molar-refractivity contribution in [2.45, 2.75) is 24.7 Å². The Morgan fingerprint density at radius 3 is 2.76 bits per heavy atom. The maximum Gasteiger partial charge on any atom is 0.150 e. The van der Waals surface area contributed by atoms with Crippen LogP contribution in [0.3, 0.4) is 0 Å². The minimum atomic E-state index is 0.854. The third-order valence-corrected chi connectivity index (χ3v) is 5.91. The van der Waals surface area contributed by atoms with Crippen LogP contribution in [-0.4, -0.2) is 15.8 Å². The van der Waals surface area contributed by atoms with Gasteiger partial charge in [-0.15, -0.1) is 11.3 Å². The van der Waals surface area contributed by atoms with E-state index in [1.165, 1.54) is 21.7 Å². The summed E-state index contributed by atoms with van der Waals surface area (Å²) < 4.78 is 4.59. The summed E-state index contributed by atoms with van der Waals surface area (Å²) in [5.74, 6) is 0. The van der Waals surface area contributed by atoms with Gasteiger partial charge in [0.15, 0.2) is 4.34 Å². The van der Waals surface area contributed by atoms with Gasteiger partial charge in [0.1, 0.15) is 0 Å². The summed E-state index contributed by atoms with van der Waals surface area (Å²) in [7, 11) is 2.11. The van der Waals surface area contributed by atoms with Crippen LogP contribution in [0, 0.1) is 13.8 Å². The summed E-state index contributed by atoms with van der Waals surface area (Å²) in [6.07, 6.45) is 2.07. The lowest BCUT2D eigenvalue weighted by Gasteiger charge is -2.07. The van der Waals surface area contributed by atoms with Gasteiger partial charge >= 0.3 is 0 Å². The van der Waals surface area contributed by atoms with Gasteiger partial charge in [0, 0.05) is 30.7 Å².